The van der Waals surface area contributed by atoms with E-state index in [1.807, 2.05) is 37.3 Å². The number of hydrogen-bond acceptors (Lipinski definition) is 4. The van der Waals surface area contributed by atoms with Gasteiger partial charge in [0.2, 0.25) is 11.8 Å². The Balaban J connectivity index is 1.67. The molecule has 0 aromatic heterocycles. The molecule has 2 fully saturated rings. The van der Waals surface area contributed by atoms with Crippen molar-refractivity contribution in [2.24, 2.45) is 5.92 Å². The molecule has 0 unspecified atom stereocenters. The number of hydrogen-bond donors (Lipinski definition) is 0. The standard InChI is InChI=1S/C19H26N2O4S/c1-2-9-21(17-8-10-26(24,25)14-17)19(23)16-11-18(22)20(13-16)12-15-6-4-3-5-7-15/h3-7,16-17H,2,8-14H2,1H3/t16-,17-/m0/s1. The monoisotopic (exact) mass is 378 g/mol. The van der Waals surface area contributed by atoms with Crippen molar-refractivity contribution in [2.75, 3.05) is 24.6 Å². The van der Waals surface area contributed by atoms with Gasteiger partial charge in [-0.25, -0.2) is 8.42 Å². The molecule has 1 aromatic carbocycles. The summed E-state index contributed by atoms with van der Waals surface area (Å²) in [7, 11) is -3.05. The first-order valence-corrected chi connectivity index (χ1v) is 11.0. The molecule has 142 valence electrons. The van der Waals surface area contributed by atoms with Gasteiger partial charge in [0.25, 0.3) is 0 Å². The predicted octanol–water partition coefficient (Wildman–Crippen LogP) is 1.46. The van der Waals surface area contributed by atoms with E-state index in [1.54, 1.807) is 9.80 Å². The zero-order valence-electron chi connectivity index (χ0n) is 15.1. The Morgan fingerprint density at radius 2 is 2.00 bits per heavy atom. The quantitative estimate of drug-likeness (QED) is 0.751. The molecule has 0 spiro atoms. The van der Waals surface area contributed by atoms with Crippen molar-refractivity contribution >= 4 is 21.7 Å². The first-order valence-electron chi connectivity index (χ1n) is 9.22. The smallest absolute Gasteiger partial charge is 0.228 e. The lowest BCUT2D eigenvalue weighted by Crippen LogP contribution is -2.45. The van der Waals surface area contributed by atoms with Crippen molar-refractivity contribution in [3.05, 3.63) is 35.9 Å². The minimum Gasteiger partial charge on any atom is -0.338 e. The van der Waals surface area contributed by atoms with Gasteiger partial charge in [0.05, 0.1) is 17.4 Å². The number of nitrogens with zero attached hydrogens (tertiary/aromatic N) is 2. The van der Waals surface area contributed by atoms with Crippen LogP contribution in [0.4, 0.5) is 0 Å². The highest BCUT2D eigenvalue weighted by Crippen LogP contribution is 2.26. The maximum Gasteiger partial charge on any atom is 0.228 e. The van der Waals surface area contributed by atoms with E-state index in [0.29, 0.717) is 26.1 Å². The summed E-state index contributed by atoms with van der Waals surface area (Å²) >= 11 is 0. The Morgan fingerprint density at radius 1 is 1.27 bits per heavy atom. The van der Waals surface area contributed by atoms with Crippen molar-refractivity contribution < 1.29 is 18.0 Å². The van der Waals surface area contributed by atoms with Crippen molar-refractivity contribution in [3.8, 4) is 0 Å². The molecule has 0 radical (unpaired) electrons. The summed E-state index contributed by atoms with van der Waals surface area (Å²) in [6, 6.07) is 9.49. The molecule has 26 heavy (non-hydrogen) atoms. The van der Waals surface area contributed by atoms with Crippen molar-refractivity contribution in [1.29, 1.82) is 0 Å². The van der Waals surface area contributed by atoms with Gasteiger partial charge in [-0.3, -0.25) is 9.59 Å². The second-order valence-corrected chi connectivity index (χ2v) is 9.48. The van der Waals surface area contributed by atoms with Crippen molar-refractivity contribution in [1.82, 2.24) is 9.80 Å². The largest absolute Gasteiger partial charge is 0.338 e. The van der Waals surface area contributed by atoms with Crippen molar-refractivity contribution in [2.45, 2.75) is 38.8 Å². The maximum atomic E-state index is 13.0. The number of carbonyl (C=O) groups excluding carboxylic acids is 2. The minimum absolute atomic E-state index is 0.0114. The summed E-state index contributed by atoms with van der Waals surface area (Å²) in [5.74, 6) is -0.260. The van der Waals surface area contributed by atoms with Crippen LogP contribution >= 0.6 is 0 Å². The zero-order valence-corrected chi connectivity index (χ0v) is 16.0. The van der Waals surface area contributed by atoms with Crippen LogP contribution in [0.25, 0.3) is 0 Å². The Bertz CT molecular complexity index is 763. The summed E-state index contributed by atoms with van der Waals surface area (Å²) in [6.45, 7) is 3.44. The van der Waals surface area contributed by atoms with E-state index < -0.39 is 9.84 Å². The van der Waals surface area contributed by atoms with Crippen LogP contribution in [0.15, 0.2) is 30.3 Å². The number of benzene rings is 1. The van der Waals surface area contributed by atoms with Gasteiger partial charge in [-0.2, -0.15) is 0 Å². The van der Waals surface area contributed by atoms with Crippen LogP contribution < -0.4 is 0 Å². The van der Waals surface area contributed by atoms with Gasteiger partial charge in [-0.05, 0) is 18.4 Å². The van der Waals surface area contributed by atoms with Gasteiger partial charge >= 0.3 is 0 Å². The Kier molecular flexibility index (Phi) is 5.65. The molecule has 3 rings (SSSR count). The molecule has 7 heteroatoms. The number of carbonyl (C=O) groups is 2. The maximum absolute atomic E-state index is 13.0. The normalized spacial score (nSPS) is 24.8. The third-order valence-electron chi connectivity index (χ3n) is 5.18. The second-order valence-electron chi connectivity index (χ2n) is 7.25. The number of likely N-dealkylation sites (tertiary alicyclic amines) is 1. The summed E-state index contributed by atoms with van der Waals surface area (Å²) in [4.78, 5) is 28.8. The highest BCUT2D eigenvalue weighted by molar-refractivity contribution is 7.91. The number of rotatable bonds is 6. The van der Waals surface area contributed by atoms with E-state index in [-0.39, 0.29) is 41.7 Å². The van der Waals surface area contributed by atoms with Crippen LogP contribution in [-0.4, -0.2) is 60.7 Å². The third-order valence-corrected chi connectivity index (χ3v) is 6.93. The van der Waals surface area contributed by atoms with Gasteiger partial charge in [0, 0.05) is 32.1 Å². The van der Waals surface area contributed by atoms with E-state index in [9.17, 15) is 18.0 Å². The van der Waals surface area contributed by atoms with E-state index in [2.05, 4.69) is 0 Å². The van der Waals surface area contributed by atoms with Crippen LogP contribution in [-0.2, 0) is 26.0 Å². The lowest BCUT2D eigenvalue weighted by molar-refractivity contribution is -0.137. The highest BCUT2D eigenvalue weighted by atomic mass is 32.2. The molecule has 2 aliphatic heterocycles. The van der Waals surface area contributed by atoms with Crippen molar-refractivity contribution in [3.63, 3.8) is 0 Å². The zero-order chi connectivity index (χ0) is 18.7. The van der Waals surface area contributed by atoms with Crippen LogP contribution in [0.1, 0.15) is 31.7 Å². The van der Waals surface area contributed by atoms with E-state index in [0.717, 1.165) is 12.0 Å². The molecule has 2 aliphatic rings. The Hall–Kier alpha value is -1.89. The second kappa shape index (κ2) is 7.78. The number of amides is 2. The topological polar surface area (TPSA) is 74.8 Å². The van der Waals surface area contributed by atoms with Crippen LogP contribution in [0, 0.1) is 5.92 Å². The molecule has 0 bridgehead atoms. The Morgan fingerprint density at radius 3 is 2.62 bits per heavy atom. The first-order chi connectivity index (χ1) is 12.4. The van der Waals surface area contributed by atoms with Gasteiger partial charge < -0.3 is 9.80 Å². The average Bonchev–Trinajstić information content (AvgIpc) is 3.15. The molecule has 6 nitrogen and oxygen atoms in total. The summed E-state index contributed by atoms with van der Waals surface area (Å²) in [5.41, 5.74) is 1.04. The number of sulfone groups is 1. The van der Waals surface area contributed by atoms with Crippen LogP contribution in [0.5, 0.6) is 0 Å². The SMILES string of the molecule is CCCN(C(=O)[C@H]1CC(=O)N(Cc2ccccc2)C1)[C@H]1CCS(=O)(=O)C1. The summed E-state index contributed by atoms with van der Waals surface area (Å²) < 4.78 is 23.6. The molecule has 2 heterocycles. The van der Waals surface area contributed by atoms with E-state index >= 15 is 0 Å². The molecule has 2 atom stereocenters. The van der Waals surface area contributed by atoms with Gasteiger partial charge in [0.15, 0.2) is 9.84 Å². The molecule has 0 aliphatic carbocycles. The molecule has 0 saturated carbocycles. The molecule has 1 aromatic rings. The lowest BCUT2D eigenvalue weighted by atomic mass is 10.0. The van der Waals surface area contributed by atoms with E-state index in [1.165, 1.54) is 0 Å². The molecule has 2 saturated heterocycles. The van der Waals surface area contributed by atoms with Gasteiger partial charge in [-0.1, -0.05) is 37.3 Å². The average molecular weight is 378 g/mol. The van der Waals surface area contributed by atoms with Gasteiger partial charge in [0.1, 0.15) is 0 Å². The fourth-order valence-corrected chi connectivity index (χ4v) is 5.59. The minimum atomic E-state index is -3.05. The molecule has 2 amide bonds. The fraction of sp³-hybridized carbons (Fsp3) is 0.579. The molecule has 0 N–H and O–H groups in total. The van der Waals surface area contributed by atoms with Crippen LogP contribution in [0.2, 0.25) is 0 Å². The Labute approximate surface area is 155 Å². The highest BCUT2D eigenvalue weighted by Gasteiger charge is 2.40. The fourth-order valence-electron chi connectivity index (χ4n) is 3.86. The third kappa shape index (κ3) is 4.26. The van der Waals surface area contributed by atoms with E-state index in [4.69, 9.17) is 0 Å². The first kappa shape index (κ1) is 18.9. The van der Waals surface area contributed by atoms with Crippen LogP contribution in [0.3, 0.4) is 0 Å². The predicted molar refractivity (Wildman–Crippen MR) is 99.0 cm³/mol. The molecular weight excluding hydrogens is 352 g/mol. The molecular formula is C19H26N2O4S. The lowest BCUT2D eigenvalue weighted by Gasteiger charge is -2.30. The summed E-state index contributed by atoms with van der Waals surface area (Å²) in [5, 5.41) is 0. The van der Waals surface area contributed by atoms with Gasteiger partial charge in [-0.15, -0.1) is 0 Å². The summed E-state index contributed by atoms with van der Waals surface area (Å²) in [6.07, 6.45) is 1.49.